The summed E-state index contributed by atoms with van der Waals surface area (Å²) in [4.78, 5) is 1.16. The van der Waals surface area contributed by atoms with E-state index in [1.165, 1.54) is 0 Å². The topological polar surface area (TPSA) is 61.8 Å². The van der Waals surface area contributed by atoms with Crippen molar-refractivity contribution in [1.29, 1.82) is 0 Å². The molecule has 0 fully saturated rings. The fraction of sp³-hybridized carbons (Fsp3) is 0.320. The number of thiophene rings is 1. The van der Waals surface area contributed by atoms with Gasteiger partial charge in [-0.05, 0) is 36.6 Å². The lowest BCUT2D eigenvalue weighted by atomic mass is 9.97. The second kappa shape index (κ2) is 8.86. The maximum absolute atomic E-state index is 6.60. The van der Waals surface area contributed by atoms with Crippen molar-refractivity contribution < 1.29 is 23.7 Å². The van der Waals surface area contributed by atoms with Crippen molar-refractivity contribution in [2.75, 3.05) is 27.9 Å². The zero-order chi connectivity index (χ0) is 22.9. The minimum absolute atomic E-state index is 0.0235. The standard InChI is InChI=1S/C25H26N2O5S/c1-5-31-19-9-6-8-16-18-14-17(22-10-7-11-33-22)26-27(18)25(32-23(16)19)15-12-20(28-2)24(30-4)21(13-15)29-3/h6-13,18,25H,5,14H2,1-4H3/t18-,25+/m1/s1. The molecule has 2 atom stereocenters. The molecule has 0 amide bonds. The van der Waals surface area contributed by atoms with Crippen LogP contribution in [0.15, 0.2) is 52.9 Å². The average molecular weight is 467 g/mol. The molecular formula is C25H26N2O5S. The number of hydrogen-bond acceptors (Lipinski definition) is 8. The molecule has 0 N–H and O–H groups in total. The molecule has 172 valence electrons. The van der Waals surface area contributed by atoms with Crippen molar-refractivity contribution in [3.05, 3.63) is 63.8 Å². The first kappa shape index (κ1) is 21.5. The zero-order valence-corrected chi connectivity index (χ0v) is 19.8. The van der Waals surface area contributed by atoms with Gasteiger partial charge in [0, 0.05) is 17.5 Å². The molecule has 0 bridgehead atoms. The molecule has 3 heterocycles. The summed E-state index contributed by atoms with van der Waals surface area (Å²) >= 11 is 1.69. The van der Waals surface area contributed by atoms with Crippen LogP contribution in [0.2, 0.25) is 0 Å². The molecule has 0 aliphatic carbocycles. The second-order valence-corrected chi connectivity index (χ2v) is 8.61. The van der Waals surface area contributed by atoms with Crippen LogP contribution >= 0.6 is 11.3 Å². The van der Waals surface area contributed by atoms with Crippen molar-refractivity contribution in [2.24, 2.45) is 5.10 Å². The van der Waals surface area contributed by atoms with Gasteiger partial charge in [-0.2, -0.15) is 5.10 Å². The Hall–Kier alpha value is -3.39. The Bertz CT molecular complexity index is 1150. The summed E-state index contributed by atoms with van der Waals surface area (Å²) < 4.78 is 29.2. The molecule has 0 saturated heterocycles. The lowest BCUT2D eigenvalue weighted by Crippen LogP contribution is -2.34. The van der Waals surface area contributed by atoms with Crippen LogP contribution in [0.3, 0.4) is 0 Å². The van der Waals surface area contributed by atoms with Crippen LogP contribution in [0.1, 0.15) is 41.6 Å². The molecule has 0 spiro atoms. The van der Waals surface area contributed by atoms with E-state index in [2.05, 4.69) is 17.5 Å². The number of nitrogens with zero attached hydrogens (tertiary/aromatic N) is 2. The van der Waals surface area contributed by atoms with Gasteiger partial charge in [-0.1, -0.05) is 18.2 Å². The van der Waals surface area contributed by atoms with E-state index in [4.69, 9.17) is 28.8 Å². The normalized spacial score (nSPS) is 18.7. The van der Waals surface area contributed by atoms with Crippen LogP contribution < -0.4 is 23.7 Å². The van der Waals surface area contributed by atoms with E-state index < -0.39 is 6.23 Å². The summed E-state index contributed by atoms with van der Waals surface area (Å²) in [6, 6.07) is 14.0. The summed E-state index contributed by atoms with van der Waals surface area (Å²) in [7, 11) is 4.81. The monoisotopic (exact) mass is 466 g/mol. The minimum atomic E-state index is -0.490. The summed E-state index contributed by atoms with van der Waals surface area (Å²) in [5.41, 5.74) is 2.97. The summed E-state index contributed by atoms with van der Waals surface area (Å²) in [5.74, 6) is 3.16. The molecule has 3 aromatic rings. The molecule has 33 heavy (non-hydrogen) atoms. The van der Waals surface area contributed by atoms with E-state index in [1.807, 2.05) is 42.3 Å². The second-order valence-electron chi connectivity index (χ2n) is 7.66. The maximum atomic E-state index is 6.60. The molecule has 8 heteroatoms. The van der Waals surface area contributed by atoms with Crippen molar-refractivity contribution in [3.8, 4) is 28.7 Å². The highest BCUT2D eigenvalue weighted by Crippen LogP contribution is 2.52. The molecule has 5 rings (SSSR count). The van der Waals surface area contributed by atoms with E-state index in [0.717, 1.165) is 39.6 Å². The highest BCUT2D eigenvalue weighted by molar-refractivity contribution is 7.12. The van der Waals surface area contributed by atoms with Crippen molar-refractivity contribution in [3.63, 3.8) is 0 Å². The minimum Gasteiger partial charge on any atom is -0.493 e. The number of methoxy groups -OCH3 is 3. The SMILES string of the molecule is CCOc1cccc2c1O[C@@H](c1cc(OC)c(OC)c(OC)c1)N1N=C(c3cccs3)C[C@H]21. The van der Waals surface area contributed by atoms with Gasteiger partial charge >= 0.3 is 0 Å². The fourth-order valence-electron chi connectivity index (χ4n) is 4.41. The molecule has 7 nitrogen and oxygen atoms in total. The number of para-hydroxylation sites is 1. The summed E-state index contributed by atoms with van der Waals surface area (Å²) in [6.07, 6.45) is 0.295. The first-order chi connectivity index (χ1) is 16.2. The highest BCUT2D eigenvalue weighted by atomic mass is 32.1. The molecule has 0 saturated carbocycles. The number of hydrogen-bond donors (Lipinski definition) is 0. The number of benzene rings is 2. The Labute approximate surface area is 197 Å². The predicted octanol–water partition coefficient (Wildman–Crippen LogP) is 5.41. The zero-order valence-electron chi connectivity index (χ0n) is 19.0. The summed E-state index contributed by atoms with van der Waals surface area (Å²) in [5, 5.41) is 9.13. The van der Waals surface area contributed by atoms with E-state index in [0.29, 0.717) is 23.9 Å². The smallest absolute Gasteiger partial charge is 0.214 e. The largest absolute Gasteiger partial charge is 0.493 e. The number of fused-ring (bicyclic) bond motifs is 3. The first-order valence-electron chi connectivity index (χ1n) is 10.8. The van der Waals surface area contributed by atoms with Gasteiger partial charge in [0.15, 0.2) is 23.0 Å². The first-order valence-corrected chi connectivity index (χ1v) is 11.7. The van der Waals surface area contributed by atoms with E-state index >= 15 is 0 Å². The summed E-state index contributed by atoms with van der Waals surface area (Å²) in [6.45, 7) is 2.53. The Morgan fingerprint density at radius 2 is 1.82 bits per heavy atom. The van der Waals surface area contributed by atoms with Gasteiger partial charge in [0.2, 0.25) is 12.0 Å². The van der Waals surface area contributed by atoms with E-state index in [9.17, 15) is 0 Å². The van der Waals surface area contributed by atoms with Gasteiger partial charge in [0.05, 0.1) is 44.6 Å². The maximum Gasteiger partial charge on any atom is 0.214 e. The number of hydrazone groups is 1. The average Bonchev–Trinajstić information content (AvgIpc) is 3.53. The van der Waals surface area contributed by atoms with Crippen LogP contribution in [-0.2, 0) is 0 Å². The molecular weight excluding hydrogens is 440 g/mol. The van der Waals surface area contributed by atoms with Gasteiger partial charge < -0.3 is 23.7 Å². The van der Waals surface area contributed by atoms with Gasteiger partial charge in [-0.15, -0.1) is 11.3 Å². The Balaban J connectivity index is 1.65. The van der Waals surface area contributed by atoms with Crippen molar-refractivity contribution in [1.82, 2.24) is 5.01 Å². The molecule has 1 aromatic heterocycles. The third kappa shape index (κ3) is 3.64. The lowest BCUT2D eigenvalue weighted by molar-refractivity contribution is -0.0214. The molecule has 0 unspecified atom stereocenters. The Morgan fingerprint density at radius 1 is 1.03 bits per heavy atom. The number of rotatable bonds is 7. The lowest BCUT2D eigenvalue weighted by Gasteiger charge is -2.39. The molecule has 2 aromatic carbocycles. The molecule has 0 radical (unpaired) electrons. The molecule has 2 aliphatic heterocycles. The highest BCUT2D eigenvalue weighted by Gasteiger charge is 2.43. The van der Waals surface area contributed by atoms with E-state index in [1.54, 1.807) is 32.7 Å². The van der Waals surface area contributed by atoms with Crippen molar-refractivity contribution in [2.45, 2.75) is 25.6 Å². The van der Waals surface area contributed by atoms with Gasteiger partial charge in [-0.25, -0.2) is 5.01 Å². The van der Waals surface area contributed by atoms with Gasteiger partial charge in [-0.3, -0.25) is 0 Å². The van der Waals surface area contributed by atoms with Crippen LogP contribution in [0, 0.1) is 0 Å². The number of ether oxygens (including phenoxy) is 5. The van der Waals surface area contributed by atoms with Gasteiger partial charge in [0.1, 0.15) is 0 Å². The van der Waals surface area contributed by atoms with Gasteiger partial charge in [0.25, 0.3) is 0 Å². The predicted molar refractivity (Wildman–Crippen MR) is 127 cm³/mol. The van der Waals surface area contributed by atoms with Crippen LogP contribution in [0.4, 0.5) is 0 Å². The van der Waals surface area contributed by atoms with Crippen LogP contribution in [-0.4, -0.2) is 38.7 Å². The molecule has 2 aliphatic rings. The fourth-order valence-corrected chi connectivity index (χ4v) is 5.13. The van der Waals surface area contributed by atoms with Crippen LogP contribution in [0.5, 0.6) is 28.7 Å². The quantitative estimate of drug-likeness (QED) is 0.464. The Morgan fingerprint density at radius 3 is 2.45 bits per heavy atom. The Kier molecular flexibility index (Phi) is 5.76. The third-order valence-corrected chi connectivity index (χ3v) is 6.78. The third-order valence-electron chi connectivity index (χ3n) is 5.86. The van der Waals surface area contributed by atoms with Crippen LogP contribution in [0.25, 0.3) is 0 Å². The van der Waals surface area contributed by atoms with E-state index in [-0.39, 0.29) is 6.04 Å². The van der Waals surface area contributed by atoms with Crippen molar-refractivity contribution >= 4 is 17.0 Å².